The second-order valence-corrected chi connectivity index (χ2v) is 4.48. The van der Waals surface area contributed by atoms with Crippen LogP contribution in [0.15, 0.2) is 0 Å². The molecule has 110 valence electrons. The SMILES string of the molecule is NCCCN(CCCN)N(CCCN)CCCN. The molecule has 0 aliphatic heterocycles. The minimum Gasteiger partial charge on any atom is -0.330 e. The van der Waals surface area contributed by atoms with E-state index in [0.717, 1.165) is 78.0 Å². The van der Waals surface area contributed by atoms with Gasteiger partial charge in [0.05, 0.1) is 0 Å². The van der Waals surface area contributed by atoms with E-state index in [1.165, 1.54) is 0 Å². The minimum absolute atomic E-state index is 0.723. The van der Waals surface area contributed by atoms with Gasteiger partial charge in [-0.3, -0.25) is 0 Å². The second-order valence-electron chi connectivity index (χ2n) is 4.48. The van der Waals surface area contributed by atoms with Gasteiger partial charge in [-0.2, -0.15) is 0 Å². The predicted octanol–water partition coefficient (Wildman–Crippen LogP) is -1.10. The molecule has 0 aromatic carbocycles. The average Bonchev–Trinajstić information content (AvgIpc) is 2.40. The lowest BCUT2D eigenvalue weighted by atomic mass is 10.3. The van der Waals surface area contributed by atoms with Crippen LogP contribution in [-0.2, 0) is 0 Å². The maximum atomic E-state index is 5.60. The fraction of sp³-hybridized carbons (Fsp3) is 1.00. The van der Waals surface area contributed by atoms with Crippen molar-refractivity contribution in [1.82, 2.24) is 10.0 Å². The zero-order chi connectivity index (χ0) is 13.6. The lowest BCUT2D eigenvalue weighted by Crippen LogP contribution is -2.46. The maximum Gasteiger partial charge on any atom is 0.0145 e. The van der Waals surface area contributed by atoms with Crippen molar-refractivity contribution in [2.75, 3.05) is 52.4 Å². The average molecular weight is 260 g/mol. The summed E-state index contributed by atoms with van der Waals surface area (Å²) in [6.45, 7) is 6.86. The highest BCUT2D eigenvalue weighted by molar-refractivity contribution is 4.61. The predicted molar refractivity (Wildman–Crippen MR) is 77.8 cm³/mol. The van der Waals surface area contributed by atoms with Gasteiger partial charge in [0, 0.05) is 26.2 Å². The van der Waals surface area contributed by atoms with Gasteiger partial charge >= 0.3 is 0 Å². The highest BCUT2D eigenvalue weighted by Crippen LogP contribution is 2.03. The number of hydrogen-bond acceptors (Lipinski definition) is 6. The lowest BCUT2D eigenvalue weighted by Gasteiger charge is -2.35. The van der Waals surface area contributed by atoms with Crippen LogP contribution >= 0.6 is 0 Å². The van der Waals surface area contributed by atoms with E-state index in [1.54, 1.807) is 0 Å². The van der Waals surface area contributed by atoms with E-state index in [0.29, 0.717) is 0 Å². The van der Waals surface area contributed by atoms with Crippen molar-refractivity contribution >= 4 is 0 Å². The van der Waals surface area contributed by atoms with Crippen molar-refractivity contribution in [1.29, 1.82) is 0 Å². The van der Waals surface area contributed by atoms with Crippen LogP contribution in [0.25, 0.3) is 0 Å². The molecule has 0 bridgehead atoms. The van der Waals surface area contributed by atoms with Crippen LogP contribution in [-0.4, -0.2) is 62.4 Å². The van der Waals surface area contributed by atoms with Crippen LogP contribution in [0.4, 0.5) is 0 Å². The maximum absolute atomic E-state index is 5.60. The molecule has 0 aliphatic rings. The van der Waals surface area contributed by atoms with Crippen LogP contribution in [0.1, 0.15) is 25.7 Å². The Bertz CT molecular complexity index is 133. The van der Waals surface area contributed by atoms with Crippen molar-refractivity contribution < 1.29 is 0 Å². The van der Waals surface area contributed by atoms with E-state index in [2.05, 4.69) is 10.0 Å². The summed E-state index contributed by atoms with van der Waals surface area (Å²) in [6.07, 6.45) is 4.03. The molecule has 0 rings (SSSR count). The van der Waals surface area contributed by atoms with E-state index < -0.39 is 0 Å². The number of hydrazine groups is 1. The molecule has 6 heteroatoms. The molecule has 0 amide bonds. The van der Waals surface area contributed by atoms with Gasteiger partial charge < -0.3 is 22.9 Å². The molecule has 0 aromatic rings. The van der Waals surface area contributed by atoms with E-state index >= 15 is 0 Å². The molecule has 0 saturated carbocycles. The van der Waals surface area contributed by atoms with Gasteiger partial charge in [-0.05, 0) is 51.9 Å². The molecule has 0 aliphatic carbocycles. The van der Waals surface area contributed by atoms with Crippen LogP contribution in [0.2, 0.25) is 0 Å². The van der Waals surface area contributed by atoms with Gasteiger partial charge in [0.1, 0.15) is 0 Å². The number of nitrogens with zero attached hydrogens (tertiary/aromatic N) is 2. The van der Waals surface area contributed by atoms with Crippen molar-refractivity contribution in [3.05, 3.63) is 0 Å². The van der Waals surface area contributed by atoms with E-state index in [9.17, 15) is 0 Å². The Kier molecular flexibility index (Phi) is 13.0. The van der Waals surface area contributed by atoms with Crippen LogP contribution in [0.3, 0.4) is 0 Å². The molecule has 0 spiro atoms. The monoisotopic (exact) mass is 260 g/mol. The molecule has 0 fully saturated rings. The quantitative estimate of drug-likeness (QED) is 0.313. The van der Waals surface area contributed by atoms with Crippen LogP contribution in [0, 0.1) is 0 Å². The molecule has 0 radical (unpaired) electrons. The summed E-state index contributed by atoms with van der Waals surface area (Å²) in [7, 11) is 0. The molecule has 8 N–H and O–H groups in total. The van der Waals surface area contributed by atoms with Gasteiger partial charge in [0.15, 0.2) is 0 Å². The van der Waals surface area contributed by atoms with E-state index in [4.69, 9.17) is 22.9 Å². The fourth-order valence-corrected chi connectivity index (χ4v) is 1.88. The topological polar surface area (TPSA) is 111 Å². The fourth-order valence-electron chi connectivity index (χ4n) is 1.88. The first-order valence-corrected chi connectivity index (χ1v) is 7.10. The largest absolute Gasteiger partial charge is 0.330 e. The van der Waals surface area contributed by atoms with Gasteiger partial charge in [0.2, 0.25) is 0 Å². The molecule has 0 heterocycles. The summed E-state index contributed by atoms with van der Waals surface area (Å²) in [5.41, 5.74) is 22.4. The number of hydrogen-bond donors (Lipinski definition) is 4. The van der Waals surface area contributed by atoms with Crippen molar-refractivity contribution in [3.8, 4) is 0 Å². The third kappa shape index (κ3) is 8.79. The zero-order valence-corrected chi connectivity index (χ0v) is 11.7. The third-order valence-electron chi connectivity index (χ3n) is 2.88. The van der Waals surface area contributed by atoms with Gasteiger partial charge in [-0.15, -0.1) is 0 Å². The Morgan fingerprint density at radius 1 is 0.444 bits per heavy atom. The Morgan fingerprint density at radius 3 is 0.833 bits per heavy atom. The molecule has 0 saturated heterocycles. The first kappa shape index (κ1) is 17.8. The minimum atomic E-state index is 0.723. The molecule has 18 heavy (non-hydrogen) atoms. The van der Waals surface area contributed by atoms with Crippen molar-refractivity contribution in [2.45, 2.75) is 25.7 Å². The summed E-state index contributed by atoms with van der Waals surface area (Å²) in [5, 5.41) is 4.73. The Hall–Kier alpha value is -0.240. The normalized spacial score (nSPS) is 11.7. The van der Waals surface area contributed by atoms with Gasteiger partial charge in [0.25, 0.3) is 0 Å². The molecule has 0 aromatic heterocycles. The molecular formula is C12H32N6. The second kappa shape index (κ2) is 13.2. The van der Waals surface area contributed by atoms with Gasteiger partial charge in [-0.1, -0.05) is 0 Å². The van der Waals surface area contributed by atoms with Crippen LogP contribution in [0.5, 0.6) is 0 Å². The Labute approximate surface area is 112 Å². The highest BCUT2D eigenvalue weighted by Gasteiger charge is 2.13. The molecule has 6 nitrogen and oxygen atoms in total. The Balaban J connectivity index is 4.27. The summed E-state index contributed by atoms with van der Waals surface area (Å²) in [4.78, 5) is 0. The van der Waals surface area contributed by atoms with Crippen molar-refractivity contribution in [3.63, 3.8) is 0 Å². The standard InChI is InChI=1S/C12H32N6/c13-5-1-9-17(10-2-6-14)18(11-3-7-15)12-4-8-16/h1-16H2. The summed E-state index contributed by atoms with van der Waals surface area (Å²) < 4.78 is 0. The smallest absolute Gasteiger partial charge is 0.0145 e. The van der Waals surface area contributed by atoms with E-state index in [1.807, 2.05) is 0 Å². The third-order valence-corrected chi connectivity index (χ3v) is 2.88. The molecule has 0 unspecified atom stereocenters. The Morgan fingerprint density at radius 2 is 0.667 bits per heavy atom. The summed E-state index contributed by atoms with van der Waals surface area (Å²) in [5.74, 6) is 0. The lowest BCUT2D eigenvalue weighted by molar-refractivity contribution is -0.0271. The van der Waals surface area contributed by atoms with E-state index in [-0.39, 0.29) is 0 Å². The molecular weight excluding hydrogens is 228 g/mol. The first-order chi connectivity index (χ1) is 8.79. The van der Waals surface area contributed by atoms with Gasteiger partial charge in [-0.25, -0.2) is 10.0 Å². The number of nitrogens with two attached hydrogens (primary N) is 4. The zero-order valence-electron chi connectivity index (χ0n) is 11.7. The molecule has 0 atom stereocenters. The van der Waals surface area contributed by atoms with Crippen molar-refractivity contribution in [2.24, 2.45) is 22.9 Å². The highest BCUT2D eigenvalue weighted by atomic mass is 15.6. The summed E-state index contributed by atoms with van der Waals surface area (Å²) >= 11 is 0. The van der Waals surface area contributed by atoms with Crippen LogP contribution < -0.4 is 22.9 Å². The first-order valence-electron chi connectivity index (χ1n) is 7.10. The number of rotatable bonds is 13. The summed E-state index contributed by atoms with van der Waals surface area (Å²) in [6, 6.07) is 0.